The molecule has 1 aliphatic rings. The summed E-state index contributed by atoms with van der Waals surface area (Å²) in [6, 6.07) is 14.6. The number of nitrogens with one attached hydrogen (secondary N) is 2. The summed E-state index contributed by atoms with van der Waals surface area (Å²) in [5.41, 5.74) is 4.71. The van der Waals surface area contributed by atoms with E-state index in [2.05, 4.69) is 33.3 Å². The molecule has 1 aliphatic carbocycles. The van der Waals surface area contributed by atoms with Crippen molar-refractivity contribution in [1.82, 2.24) is 19.8 Å². The normalized spacial score (nSPS) is 18.5. The molecule has 4 rings (SSSR count). The van der Waals surface area contributed by atoms with E-state index < -0.39 is 10.0 Å². The summed E-state index contributed by atoms with van der Waals surface area (Å²) in [5, 5.41) is 8.12. The Morgan fingerprint density at radius 2 is 2.03 bits per heavy atom. The van der Waals surface area contributed by atoms with Crippen molar-refractivity contribution in [3.8, 4) is 0 Å². The van der Waals surface area contributed by atoms with Crippen molar-refractivity contribution in [3.63, 3.8) is 0 Å². The van der Waals surface area contributed by atoms with Crippen LogP contribution in [0.2, 0.25) is 5.02 Å². The second-order valence-corrected chi connectivity index (χ2v) is 9.95. The van der Waals surface area contributed by atoms with Gasteiger partial charge in [0.25, 0.3) is 0 Å². The van der Waals surface area contributed by atoms with Crippen molar-refractivity contribution in [2.45, 2.75) is 36.2 Å². The number of fused-ring (bicyclic) bond motifs is 1. The lowest BCUT2D eigenvalue weighted by molar-refractivity contribution is 0.492. The monoisotopic (exact) mass is 444 g/mol. The van der Waals surface area contributed by atoms with Crippen LogP contribution in [0.5, 0.6) is 0 Å². The first-order chi connectivity index (χ1) is 14.4. The molecular formula is C22H25ClN4O2S. The molecule has 6 nitrogen and oxygen atoms in total. The van der Waals surface area contributed by atoms with E-state index in [4.69, 9.17) is 11.6 Å². The Morgan fingerprint density at radius 1 is 1.20 bits per heavy atom. The molecule has 1 heterocycles. The maximum atomic E-state index is 12.5. The predicted molar refractivity (Wildman–Crippen MR) is 118 cm³/mol. The van der Waals surface area contributed by atoms with Gasteiger partial charge in [-0.1, -0.05) is 41.9 Å². The van der Waals surface area contributed by atoms with Gasteiger partial charge in [-0.3, -0.25) is 4.68 Å². The zero-order valence-corrected chi connectivity index (χ0v) is 18.5. The van der Waals surface area contributed by atoms with E-state index in [0.29, 0.717) is 12.0 Å². The van der Waals surface area contributed by atoms with E-state index in [1.54, 1.807) is 7.05 Å². The fourth-order valence-electron chi connectivity index (χ4n) is 4.15. The van der Waals surface area contributed by atoms with Crippen LogP contribution in [0.15, 0.2) is 59.8 Å². The van der Waals surface area contributed by atoms with Crippen LogP contribution in [0.3, 0.4) is 0 Å². The fraction of sp³-hybridized carbons (Fsp3) is 0.318. The summed E-state index contributed by atoms with van der Waals surface area (Å²) in [4.78, 5) is 0.167. The Bertz CT molecular complexity index is 1160. The first kappa shape index (κ1) is 21.1. The van der Waals surface area contributed by atoms with E-state index >= 15 is 0 Å². The van der Waals surface area contributed by atoms with Crippen molar-refractivity contribution >= 4 is 21.6 Å². The highest BCUT2D eigenvalue weighted by Crippen LogP contribution is 2.36. The van der Waals surface area contributed by atoms with Crippen LogP contribution >= 0.6 is 11.6 Å². The largest absolute Gasteiger partial charge is 0.316 e. The van der Waals surface area contributed by atoms with E-state index in [1.807, 2.05) is 31.3 Å². The average molecular weight is 445 g/mol. The maximum absolute atomic E-state index is 12.5. The summed E-state index contributed by atoms with van der Waals surface area (Å²) in [5.74, 6) is 0.304. The fourth-order valence-corrected chi connectivity index (χ4v) is 5.37. The zero-order valence-electron chi connectivity index (χ0n) is 17.0. The molecule has 0 amide bonds. The average Bonchev–Trinajstić information content (AvgIpc) is 3.31. The van der Waals surface area contributed by atoms with Crippen molar-refractivity contribution in [3.05, 3.63) is 82.1 Å². The van der Waals surface area contributed by atoms with Crippen LogP contribution in [-0.4, -0.2) is 31.3 Å². The van der Waals surface area contributed by atoms with Crippen LogP contribution in [0.25, 0.3) is 0 Å². The minimum atomic E-state index is -3.59. The molecule has 2 N–H and O–H groups in total. The second-order valence-electron chi connectivity index (χ2n) is 7.75. The first-order valence-electron chi connectivity index (χ1n) is 9.87. The van der Waals surface area contributed by atoms with Crippen molar-refractivity contribution in [2.24, 2.45) is 7.05 Å². The summed E-state index contributed by atoms with van der Waals surface area (Å²) in [6.07, 6.45) is 4.68. The number of rotatable bonds is 7. The van der Waals surface area contributed by atoms with Gasteiger partial charge in [0.15, 0.2) is 0 Å². The number of aryl methyl sites for hydroxylation is 1. The summed E-state index contributed by atoms with van der Waals surface area (Å²) in [6.45, 7) is 0.235. The maximum Gasteiger partial charge on any atom is 0.243 e. The molecule has 158 valence electrons. The molecule has 3 aromatic rings. The Kier molecular flexibility index (Phi) is 5.97. The third-order valence-electron chi connectivity index (χ3n) is 5.71. The molecule has 0 spiro atoms. The minimum Gasteiger partial charge on any atom is -0.316 e. The van der Waals surface area contributed by atoms with E-state index in [9.17, 15) is 8.42 Å². The second kappa shape index (κ2) is 8.51. The topological polar surface area (TPSA) is 76.0 Å². The number of nitrogens with zero attached hydrogens (tertiary/aromatic N) is 2. The molecule has 2 aromatic carbocycles. The molecule has 0 fully saturated rings. The van der Waals surface area contributed by atoms with Crippen LogP contribution < -0.4 is 10.0 Å². The summed E-state index contributed by atoms with van der Waals surface area (Å²) >= 11 is 6.18. The predicted octanol–water partition coefficient (Wildman–Crippen LogP) is 3.02. The van der Waals surface area contributed by atoms with Gasteiger partial charge in [0, 0.05) is 36.8 Å². The third-order valence-corrected chi connectivity index (χ3v) is 7.30. The highest BCUT2D eigenvalue weighted by Gasteiger charge is 2.31. The van der Waals surface area contributed by atoms with Crippen molar-refractivity contribution < 1.29 is 8.42 Å². The van der Waals surface area contributed by atoms with Gasteiger partial charge < -0.3 is 5.32 Å². The van der Waals surface area contributed by atoms with Gasteiger partial charge in [0.1, 0.15) is 4.90 Å². The molecule has 0 bridgehead atoms. The SMILES string of the molecule is CNC1Cc2ccc(CNS(=O)(=O)c3cnn(C)c3)cc2C1Cc1cccc(Cl)c1. The molecule has 0 radical (unpaired) electrons. The van der Waals surface area contributed by atoms with Crippen LogP contribution in [-0.2, 0) is 36.5 Å². The number of halogens is 1. The number of aromatic nitrogens is 2. The Labute approximate surface area is 182 Å². The summed E-state index contributed by atoms with van der Waals surface area (Å²) < 4.78 is 29.2. The van der Waals surface area contributed by atoms with Gasteiger partial charge in [-0.2, -0.15) is 5.10 Å². The third kappa shape index (κ3) is 4.44. The van der Waals surface area contributed by atoms with Crippen molar-refractivity contribution in [2.75, 3.05) is 7.05 Å². The molecule has 1 aromatic heterocycles. The van der Waals surface area contributed by atoms with Crippen LogP contribution in [0.4, 0.5) is 0 Å². The Morgan fingerprint density at radius 3 is 2.73 bits per heavy atom. The first-order valence-corrected chi connectivity index (χ1v) is 11.7. The van der Waals surface area contributed by atoms with E-state index in [0.717, 1.165) is 23.4 Å². The van der Waals surface area contributed by atoms with Crippen molar-refractivity contribution in [1.29, 1.82) is 0 Å². The zero-order chi connectivity index (χ0) is 21.3. The summed E-state index contributed by atoms with van der Waals surface area (Å²) in [7, 11) is 0.0884. The minimum absolute atomic E-state index is 0.167. The molecule has 30 heavy (non-hydrogen) atoms. The number of sulfonamides is 1. The molecule has 0 saturated heterocycles. The highest BCUT2D eigenvalue weighted by atomic mass is 35.5. The molecule has 8 heteroatoms. The van der Waals surface area contributed by atoms with Crippen LogP contribution in [0, 0.1) is 0 Å². The Balaban J connectivity index is 1.54. The van der Waals surface area contributed by atoms with Gasteiger partial charge in [0.2, 0.25) is 10.0 Å². The van der Waals surface area contributed by atoms with E-state index in [1.165, 1.54) is 33.8 Å². The number of likely N-dealkylation sites (N-methyl/N-ethyl adjacent to an activating group) is 1. The molecular weight excluding hydrogens is 420 g/mol. The lowest BCUT2D eigenvalue weighted by Crippen LogP contribution is -2.30. The van der Waals surface area contributed by atoms with Gasteiger partial charge in [-0.25, -0.2) is 13.1 Å². The molecule has 2 atom stereocenters. The van der Waals surface area contributed by atoms with E-state index in [-0.39, 0.29) is 11.4 Å². The number of hydrogen-bond acceptors (Lipinski definition) is 4. The smallest absolute Gasteiger partial charge is 0.243 e. The highest BCUT2D eigenvalue weighted by molar-refractivity contribution is 7.89. The molecule has 0 saturated carbocycles. The lowest BCUT2D eigenvalue weighted by Gasteiger charge is -2.20. The van der Waals surface area contributed by atoms with Gasteiger partial charge >= 0.3 is 0 Å². The van der Waals surface area contributed by atoms with Gasteiger partial charge in [0.05, 0.1) is 6.20 Å². The Hall–Kier alpha value is -2.19. The number of benzene rings is 2. The number of hydrogen-bond donors (Lipinski definition) is 2. The van der Waals surface area contributed by atoms with Gasteiger partial charge in [-0.15, -0.1) is 0 Å². The standard InChI is InChI=1S/C22H25ClN4O2S/c1-24-22-11-17-7-6-16(12-26-30(28,29)19-13-25-27(2)14-19)10-20(17)21(22)9-15-4-3-5-18(23)8-15/h3-8,10,13-14,21-22,24,26H,9,11-12H2,1-2H3. The quantitative estimate of drug-likeness (QED) is 0.587. The lowest BCUT2D eigenvalue weighted by atomic mass is 9.90. The molecule has 0 aliphatic heterocycles. The molecule has 2 unspecified atom stereocenters. The van der Waals surface area contributed by atoms with Gasteiger partial charge in [-0.05, 0) is 54.3 Å². The van der Waals surface area contributed by atoms with Crippen LogP contribution in [0.1, 0.15) is 28.2 Å².